The van der Waals surface area contributed by atoms with E-state index in [-0.39, 0.29) is 11.6 Å². The van der Waals surface area contributed by atoms with Gasteiger partial charge in [0.15, 0.2) is 0 Å². The van der Waals surface area contributed by atoms with Crippen molar-refractivity contribution in [2.75, 3.05) is 0 Å². The normalized spacial score (nSPS) is 15.0. The Balaban J connectivity index is 3.01. The van der Waals surface area contributed by atoms with Crippen molar-refractivity contribution in [2.24, 2.45) is 0 Å². The van der Waals surface area contributed by atoms with Crippen LogP contribution in [0.5, 0.6) is 5.75 Å². The molecule has 3 nitrogen and oxygen atoms in total. The van der Waals surface area contributed by atoms with Crippen LogP contribution in [-0.4, -0.2) is 22.9 Å². The molecular weight excluding hydrogens is 297 g/mol. The first-order valence-electron chi connectivity index (χ1n) is 6.68. The van der Waals surface area contributed by atoms with Gasteiger partial charge in [0.1, 0.15) is 11.9 Å². The van der Waals surface area contributed by atoms with E-state index in [2.05, 4.69) is 26.1 Å². The van der Waals surface area contributed by atoms with E-state index in [1.807, 2.05) is 6.07 Å². The van der Waals surface area contributed by atoms with E-state index in [0.29, 0.717) is 22.3 Å². The molecule has 0 saturated heterocycles. The molecule has 0 aliphatic carbocycles. The van der Waals surface area contributed by atoms with Crippen LogP contribution in [0.4, 0.5) is 0 Å². The Hall–Kier alpha value is -0.480. The summed E-state index contributed by atoms with van der Waals surface area (Å²) < 4.78 is 5.78. The fourth-order valence-corrected chi connectivity index (χ4v) is 2.10. The highest BCUT2D eigenvalue weighted by atomic mass is 35.5. The average Bonchev–Trinajstić information content (AvgIpc) is 2.28. The largest absolute Gasteiger partial charge is 0.486 e. The predicted octanol–water partition coefficient (Wildman–Crippen LogP) is 4.03. The second-order valence-corrected chi connectivity index (χ2v) is 6.89. The molecule has 0 bridgehead atoms. The summed E-state index contributed by atoms with van der Waals surface area (Å²) >= 11 is 12.3. The molecular formula is C15H23Cl2NO2. The number of hydrogen-bond acceptors (Lipinski definition) is 3. The van der Waals surface area contributed by atoms with Crippen LogP contribution in [0.25, 0.3) is 0 Å². The van der Waals surface area contributed by atoms with Crippen LogP contribution >= 0.6 is 23.2 Å². The van der Waals surface area contributed by atoms with Crippen molar-refractivity contribution in [3.8, 4) is 5.75 Å². The van der Waals surface area contributed by atoms with Crippen molar-refractivity contribution < 1.29 is 9.84 Å². The van der Waals surface area contributed by atoms with Gasteiger partial charge in [0.05, 0.1) is 11.1 Å². The van der Waals surface area contributed by atoms with E-state index in [1.165, 1.54) is 0 Å². The molecule has 0 saturated carbocycles. The summed E-state index contributed by atoms with van der Waals surface area (Å²) in [5.74, 6) is 0.571. The van der Waals surface area contributed by atoms with E-state index < -0.39 is 6.10 Å². The first-order valence-corrected chi connectivity index (χ1v) is 7.43. The molecule has 0 heterocycles. The molecule has 0 fully saturated rings. The van der Waals surface area contributed by atoms with Crippen LogP contribution in [0.2, 0.25) is 10.0 Å². The Morgan fingerprint density at radius 2 is 1.85 bits per heavy atom. The van der Waals surface area contributed by atoms with Gasteiger partial charge in [-0.1, -0.05) is 23.2 Å². The number of rotatable bonds is 5. The molecule has 1 aromatic rings. The minimum Gasteiger partial charge on any atom is -0.486 e. The summed E-state index contributed by atoms with van der Waals surface area (Å²) in [6.45, 7) is 10.3. The summed E-state index contributed by atoms with van der Waals surface area (Å²) in [6.07, 6.45) is -0.924. The predicted molar refractivity (Wildman–Crippen MR) is 84.8 cm³/mol. The molecule has 1 aromatic carbocycles. The third kappa shape index (κ3) is 5.49. The first-order chi connectivity index (χ1) is 9.10. The van der Waals surface area contributed by atoms with Crippen molar-refractivity contribution in [1.29, 1.82) is 0 Å². The van der Waals surface area contributed by atoms with Gasteiger partial charge in [0.2, 0.25) is 0 Å². The monoisotopic (exact) mass is 319 g/mol. The lowest BCUT2D eigenvalue weighted by molar-refractivity contribution is 0.0597. The van der Waals surface area contributed by atoms with Crippen LogP contribution in [0.3, 0.4) is 0 Å². The van der Waals surface area contributed by atoms with E-state index in [0.717, 1.165) is 5.56 Å². The van der Waals surface area contributed by atoms with Gasteiger partial charge in [-0.25, -0.2) is 0 Å². The van der Waals surface area contributed by atoms with Gasteiger partial charge >= 0.3 is 0 Å². The zero-order valence-corrected chi connectivity index (χ0v) is 14.1. The zero-order valence-electron chi connectivity index (χ0n) is 12.6. The van der Waals surface area contributed by atoms with Gasteiger partial charge in [0, 0.05) is 22.7 Å². The highest BCUT2D eigenvalue weighted by Gasteiger charge is 2.18. The Morgan fingerprint density at radius 3 is 2.35 bits per heavy atom. The highest BCUT2D eigenvalue weighted by molar-refractivity contribution is 6.35. The topological polar surface area (TPSA) is 41.5 Å². The summed E-state index contributed by atoms with van der Waals surface area (Å²) in [4.78, 5) is 0. The molecule has 1 rings (SSSR count). The van der Waals surface area contributed by atoms with Gasteiger partial charge in [0.25, 0.3) is 0 Å². The molecule has 20 heavy (non-hydrogen) atoms. The minimum atomic E-state index is -0.579. The minimum absolute atomic E-state index is 0.0258. The van der Waals surface area contributed by atoms with Gasteiger partial charge in [-0.3, -0.25) is 0 Å². The molecule has 5 heteroatoms. The zero-order chi connectivity index (χ0) is 15.5. The lowest BCUT2D eigenvalue weighted by Crippen LogP contribution is -2.35. The van der Waals surface area contributed by atoms with Crippen LogP contribution in [0.1, 0.15) is 40.2 Å². The maximum Gasteiger partial charge on any atom is 0.143 e. The molecule has 0 spiro atoms. The van der Waals surface area contributed by atoms with Crippen LogP contribution in [0, 0.1) is 0 Å². The van der Waals surface area contributed by atoms with Gasteiger partial charge < -0.3 is 15.2 Å². The number of halogens is 2. The fourth-order valence-electron chi connectivity index (χ4n) is 1.52. The summed E-state index contributed by atoms with van der Waals surface area (Å²) in [5, 5.41) is 14.0. The number of nitrogens with one attached hydrogen (secondary N) is 1. The molecule has 0 radical (unpaired) electrons. The third-order valence-corrected chi connectivity index (χ3v) is 3.38. The number of hydrogen-bond donors (Lipinski definition) is 2. The van der Waals surface area contributed by atoms with Crippen molar-refractivity contribution in [3.05, 3.63) is 27.7 Å². The molecule has 0 aromatic heterocycles. The molecule has 0 aliphatic heterocycles. The quantitative estimate of drug-likeness (QED) is 0.861. The van der Waals surface area contributed by atoms with Crippen molar-refractivity contribution >= 4 is 23.2 Å². The van der Waals surface area contributed by atoms with E-state index >= 15 is 0 Å². The summed E-state index contributed by atoms with van der Waals surface area (Å²) in [5.41, 5.74) is 0.854. The average molecular weight is 320 g/mol. The molecule has 114 valence electrons. The van der Waals surface area contributed by atoms with Crippen LogP contribution in [-0.2, 0) is 6.54 Å². The molecule has 2 N–H and O–H groups in total. The van der Waals surface area contributed by atoms with Crippen molar-refractivity contribution in [3.63, 3.8) is 0 Å². The second-order valence-electron chi connectivity index (χ2n) is 6.04. The molecule has 2 unspecified atom stereocenters. The van der Waals surface area contributed by atoms with Gasteiger partial charge in [-0.05, 0) is 46.8 Å². The van der Waals surface area contributed by atoms with E-state index in [1.54, 1.807) is 19.9 Å². The first kappa shape index (κ1) is 17.6. The molecule has 0 aliphatic rings. The second kappa shape index (κ2) is 6.99. The smallest absolute Gasteiger partial charge is 0.143 e. The summed E-state index contributed by atoms with van der Waals surface area (Å²) in [7, 11) is 0. The summed E-state index contributed by atoms with van der Waals surface area (Å²) in [6, 6.07) is 3.48. The van der Waals surface area contributed by atoms with E-state index in [9.17, 15) is 5.11 Å². The molecule has 2 atom stereocenters. The Bertz CT molecular complexity index is 456. The lowest BCUT2D eigenvalue weighted by Gasteiger charge is -2.24. The Morgan fingerprint density at radius 1 is 1.25 bits per heavy atom. The Labute approximate surface area is 131 Å². The number of aliphatic hydroxyl groups is 1. The van der Waals surface area contributed by atoms with Crippen molar-refractivity contribution in [1.82, 2.24) is 5.32 Å². The SMILES string of the molecule is CC(O)C(C)Oc1c(Cl)cc(Cl)cc1CNC(C)(C)C. The molecule has 0 amide bonds. The third-order valence-electron chi connectivity index (χ3n) is 2.88. The maximum atomic E-state index is 9.57. The number of benzene rings is 1. The van der Waals surface area contributed by atoms with Gasteiger partial charge in [-0.15, -0.1) is 0 Å². The maximum absolute atomic E-state index is 9.57. The standard InChI is InChI=1S/C15H23Cl2NO2/c1-9(19)10(2)20-14-11(8-18-15(3,4)5)6-12(16)7-13(14)17/h6-7,9-10,18-19H,8H2,1-5H3. The van der Waals surface area contributed by atoms with Crippen LogP contribution < -0.4 is 10.1 Å². The Kier molecular flexibility index (Phi) is 6.14. The van der Waals surface area contributed by atoms with Crippen molar-refractivity contribution in [2.45, 2.75) is 58.9 Å². The highest BCUT2D eigenvalue weighted by Crippen LogP contribution is 2.33. The fraction of sp³-hybridized carbons (Fsp3) is 0.600. The van der Waals surface area contributed by atoms with E-state index in [4.69, 9.17) is 27.9 Å². The van der Waals surface area contributed by atoms with Gasteiger partial charge in [-0.2, -0.15) is 0 Å². The number of ether oxygens (including phenoxy) is 1. The lowest BCUT2D eigenvalue weighted by atomic mass is 10.1. The number of aliphatic hydroxyl groups excluding tert-OH is 1. The van der Waals surface area contributed by atoms with Crippen LogP contribution in [0.15, 0.2) is 12.1 Å².